The predicted molar refractivity (Wildman–Crippen MR) is 142 cm³/mol. The summed E-state index contributed by atoms with van der Waals surface area (Å²) in [4.78, 5) is 0. The minimum atomic E-state index is 0.110. The van der Waals surface area contributed by atoms with Crippen molar-refractivity contribution in [3.8, 4) is 34.1 Å². The molecule has 0 radical (unpaired) electrons. The van der Waals surface area contributed by atoms with Crippen LogP contribution in [-0.2, 0) is 0 Å². The molecule has 8 rings (SSSR count). The van der Waals surface area contributed by atoms with Crippen molar-refractivity contribution in [2.24, 2.45) is 0 Å². The topological polar surface area (TPSA) is 18.5 Å². The van der Waals surface area contributed by atoms with Gasteiger partial charge in [-0.3, -0.25) is 0 Å². The van der Waals surface area contributed by atoms with Crippen molar-refractivity contribution in [2.75, 3.05) is 0 Å². The van der Waals surface area contributed by atoms with Gasteiger partial charge in [-0.1, -0.05) is 66.7 Å². The average Bonchev–Trinajstić information content (AvgIpc) is 3.26. The zero-order chi connectivity index (χ0) is 22.2. The Kier molecular flexibility index (Phi) is 3.66. The number of thiophene rings is 1. The average molecular weight is 452 g/mol. The smallest absolute Gasteiger partial charge is 0.260 e. The third-order valence-electron chi connectivity index (χ3n) is 7.02. The summed E-state index contributed by atoms with van der Waals surface area (Å²) in [6, 6.07) is 36.5. The third-order valence-corrected chi connectivity index (χ3v) is 8.15. The van der Waals surface area contributed by atoms with Gasteiger partial charge in [-0.25, -0.2) is 0 Å². The lowest BCUT2D eigenvalue weighted by atomic mass is 9.35. The quantitative estimate of drug-likeness (QED) is 0.267. The molecule has 5 aromatic carbocycles. The molecule has 0 aliphatic carbocycles. The highest BCUT2D eigenvalue weighted by atomic mass is 32.1. The molecule has 158 valence electrons. The van der Waals surface area contributed by atoms with E-state index < -0.39 is 0 Å². The van der Waals surface area contributed by atoms with E-state index in [1.54, 1.807) is 0 Å². The molecular formula is C30H17BO2S. The largest absolute Gasteiger partial charge is 0.458 e. The van der Waals surface area contributed by atoms with Crippen LogP contribution >= 0.6 is 11.3 Å². The second-order valence-electron chi connectivity index (χ2n) is 8.90. The third kappa shape index (κ3) is 2.52. The molecule has 3 heterocycles. The molecule has 1 aromatic heterocycles. The van der Waals surface area contributed by atoms with Crippen molar-refractivity contribution < 1.29 is 9.47 Å². The lowest BCUT2D eigenvalue weighted by molar-refractivity contribution is 0.464. The molecule has 34 heavy (non-hydrogen) atoms. The molecule has 0 spiro atoms. The Bertz CT molecular complexity index is 1780. The molecule has 0 fully saturated rings. The predicted octanol–water partition coefficient (Wildman–Crippen LogP) is 6.45. The van der Waals surface area contributed by atoms with Crippen LogP contribution in [-0.4, -0.2) is 6.71 Å². The number of rotatable bonds is 1. The van der Waals surface area contributed by atoms with Gasteiger partial charge in [0.2, 0.25) is 0 Å². The summed E-state index contributed by atoms with van der Waals surface area (Å²) in [6.45, 7) is 0.110. The first kappa shape index (κ1) is 18.4. The Hall–Kier alpha value is -4.02. The zero-order valence-corrected chi connectivity index (χ0v) is 18.9. The SMILES string of the molecule is c1ccc2c(c1)Oc1cccc3c1B2c1ccc(-c2ccc4c(c2)sc2ccccc24)cc1O3. The Morgan fingerprint density at radius 2 is 1.18 bits per heavy atom. The molecule has 2 aliphatic heterocycles. The second kappa shape index (κ2) is 6.75. The standard InChI is InChI=1S/C30H17BO2S/c1-4-11-28-20(6-1)21-14-12-19(17-29(21)34-28)18-13-15-23-27(16-18)33-26-10-5-9-25-30(26)31(23)22-7-2-3-8-24(22)32-25/h1-17H. The summed E-state index contributed by atoms with van der Waals surface area (Å²) in [5.41, 5.74) is 5.86. The van der Waals surface area contributed by atoms with E-state index in [9.17, 15) is 0 Å². The minimum absolute atomic E-state index is 0.110. The van der Waals surface area contributed by atoms with Crippen molar-refractivity contribution >= 4 is 54.6 Å². The molecule has 0 saturated carbocycles. The van der Waals surface area contributed by atoms with Gasteiger partial charge in [0.15, 0.2) is 0 Å². The highest BCUT2D eigenvalue weighted by molar-refractivity contribution is 7.25. The van der Waals surface area contributed by atoms with E-state index in [0.717, 1.165) is 34.0 Å². The number of hydrogen-bond acceptors (Lipinski definition) is 3. The van der Waals surface area contributed by atoms with E-state index in [0.29, 0.717) is 0 Å². The summed E-state index contributed by atoms with van der Waals surface area (Å²) < 4.78 is 15.3. The van der Waals surface area contributed by atoms with Crippen LogP contribution < -0.4 is 25.9 Å². The van der Waals surface area contributed by atoms with Crippen LogP contribution in [0.4, 0.5) is 0 Å². The molecule has 0 unspecified atom stereocenters. The monoisotopic (exact) mass is 452 g/mol. The van der Waals surface area contributed by atoms with Crippen LogP contribution in [0.2, 0.25) is 0 Å². The molecule has 4 heteroatoms. The second-order valence-corrected chi connectivity index (χ2v) is 9.99. The van der Waals surface area contributed by atoms with Crippen molar-refractivity contribution in [3.05, 3.63) is 103 Å². The van der Waals surface area contributed by atoms with E-state index in [-0.39, 0.29) is 6.71 Å². The van der Waals surface area contributed by atoms with Gasteiger partial charge >= 0.3 is 0 Å². The maximum atomic E-state index is 6.46. The van der Waals surface area contributed by atoms with Crippen molar-refractivity contribution in [1.82, 2.24) is 0 Å². The van der Waals surface area contributed by atoms with Gasteiger partial charge in [-0.2, -0.15) is 0 Å². The molecule has 2 aliphatic rings. The summed E-state index contributed by atoms with van der Waals surface area (Å²) in [5.74, 6) is 3.59. The van der Waals surface area contributed by atoms with Crippen LogP contribution in [0, 0.1) is 0 Å². The van der Waals surface area contributed by atoms with Gasteiger partial charge in [0.25, 0.3) is 6.71 Å². The lowest BCUT2D eigenvalue weighted by Gasteiger charge is -2.32. The highest BCUT2D eigenvalue weighted by Gasteiger charge is 2.39. The van der Waals surface area contributed by atoms with Crippen LogP contribution in [0.5, 0.6) is 23.0 Å². The van der Waals surface area contributed by atoms with E-state index in [1.807, 2.05) is 35.6 Å². The van der Waals surface area contributed by atoms with Gasteiger partial charge in [0.05, 0.1) is 0 Å². The number of fused-ring (bicyclic) bond motifs is 7. The summed E-state index contributed by atoms with van der Waals surface area (Å²) in [6.07, 6.45) is 0. The van der Waals surface area contributed by atoms with Crippen LogP contribution in [0.3, 0.4) is 0 Å². The van der Waals surface area contributed by atoms with Crippen LogP contribution in [0.15, 0.2) is 103 Å². The molecule has 2 nitrogen and oxygen atoms in total. The van der Waals surface area contributed by atoms with Gasteiger partial charge in [0, 0.05) is 25.6 Å². The van der Waals surface area contributed by atoms with Crippen molar-refractivity contribution in [3.63, 3.8) is 0 Å². The first-order valence-corrected chi connectivity index (χ1v) is 12.3. The molecular weight excluding hydrogens is 435 g/mol. The van der Waals surface area contributed by atoms with E-state index in [4.69, 9.17) is 9.47 Å². The molecule has 0 N–H and O–H groups in total. The summed E-state index contributed by atoms with van der Waals surface area (Å²) in [5, 5.41) is 2.65. The maximum Gasteiger partial charge on any atom is 0.260 e. The minimum Gasteiger partial charge on any atom is -0.458 e. The summed E-state index contributed by atoms with van der Waals surface area (Å²) >= 11 is 1.85. The number of ether oxygens (including phenoxy) is 2. The van der Waals surface area contributed by atoms with Crippen LogP contribution in [0.25, 0.3) is 31.3 Å². The lowest BCUT2D eigenvalue weighted by Crippen LogP contribution is -2.57. The fraction of sp³-hybridized carbons (Fsp3) is 0. The Labute approximate surface area is 201 Å². The fourth-order valence-corrected chi connectivity index (χ4v) is 6.61. The first-order chi connectivity index (χ1) is 16.8. The van der Waals surface area contributed by atoms with E-state index >= 15 is 0 Å². The van der Waals surface area contributed by atoms with Gasteiger partial charge in [0.1, 0.15) is 23.0 Å². The number of benzene rings is 5. The Morgan fingerprint density at radius 1 is 0.500 bits per heavy atom. The zero-order valence-electron chi connectivity index (χ0n) is 18.1. The molecule has 6 aromatic rings. The number of para-hydroxylation sites is 1. The van der Waals surface area contributed by atoms with Gasteiger partial charge in [-0.15, -0.1) is 11.3 Å². The van der Waals surface area contributed by atoms with Gasteiger partial charge in [-0.05, 0) is 58.5 Å². The summed E-state index contributed by atoms with van der Waals surface area (Å²) in [7, 11) is 0. The fourth-order valence-electron chi connectivity index (χ4n) is 5.46. The molecule has 0 saturated heterocycles. The normalized spacial score (nSPS) is 13.1. The first-order valence-electron chi connectivity index (χ1n) is 11.5. The van der Waals surface area contributed by atoms with Crippen molar-refractivity contribution in [1.29, 1.82) is 0 Å². The molecule has 0 amide bonds. The van der Waals surface area contributed by atoms with Crippen LogP contribution in [0.1, 0.15) is 0 Å². The van der Waals surface area contributed by atoms with Gasteiger partial charge < -0.3 is 9.47 Å². The highest BCUT2D eigenvalue weighted by Crippen LogP contribution is 2.38. The number of hydrogen-bond donors (Lipinski definition) is 0. The van der Waals surface area contributed by atoms with E-state index in [2.05, 4.69) is 78.9 Å². The Morgan fingerprint density at radius 3 is 2.12 bits per heavy atom. The van der Waals surface area contributed by atoms with Crippen molar-refractivity contribution in [2.45, 2.75) is 0 Å². The molecule has 0 bridgehead atoms. The molecule has 0 atom stereocenters. The maximum absolute atomic E-state index is 6.46. The van der Waals surface area contributed by atoms with E-state index in [1.165, 1.54) is 36.7 Å². The Balaban J connectivity index is 1.29.